The zero-order valence-corrected chi connectivity index (χ0v) is 13.8. The lowest BCUT2D eigenvalue weighted by molar-refractivity contribution is -0.129. The lowest BCUT2D eigenvalue weighted by Gasteiger charge is -2.35. The van der Waals surface area contributed by atoms with Crippen molar-refractivity contribution in [2.75, 3.05) is 13.1 Å². The summed E-state index contributed by atoms with van der Waals surface area (Å²) in [6, 6.07) is 10.5. The molecule has 5 nitrogen and oxygen atoms in total. The molecule has 0 bridgehead atoms. The van der Waals surface area contributed by atoms with Crippen LogP contribution < -0.4 is 5.32 Å². The number of imidazole rings is 1. The molecule has 0 aliphatic carbocycles. The third kappa shape index (κ3) is 3.62. The molecule has 5 heteroatoms. The molecule has 1 aliphatic heterocycles. The van der Waals surface area contributed by atoms with Crippen LogP contribution in [-0.4, -0.2) is 39.5 Å². The Bertz CT molecular complexity index is 650. The molecule has 1 fully saturated rings. The molecule has 1 atom stereocenters. The SMILES string of the molecule is CC(C)n1cncc1CN1CCNC(=O)C1Cc1ccccc1. The average molecular weight is 312 g/mol. The number of carbonyl (C=O) groups excluding carboxylic acids is 1. The van der Waals surface area contributed by atoms with E-state index in [0.717, 1.165) is 25.2 Å². The van der Waals surface area contributed by atoms with Crippen molar-refractivity contribution in [3.63, 3.8) is 0 Å². The van der Waals surface area contributed by atoms with E-state index in [9.17, 15) is 4.79 Å². The monoisotopic (exact) mass is 312 g/mol. The van der Waals surface area contributed by atoms with E-state index >= 15 is 0 Å². The maximum Gasteiger partial charge on any atom is 0.237 e. The Morgan fingerprint density at radius 3 is 2.83 bits per heavy atom. The van der Waals surface area contributed by atoms with Crippen molar-refractivity contribution in [1.82, 2.24) is 19.8 Å². The number of aromatic nitrogens is 2. The Balaban J connectivity index is 1.78. The van der Waals surface area contributed by atoms with Crippen LogP contribution in [0.5, 0.6) is 0 Å². The predicted octanol–water partition coefficient (Wildman–Crippen LogP) is 2.01. The van der Waals surface area contributed by atoms with Crippen LogP contribution in [0.15, 0.2) is 42.9 Å². The minimum Gasteiger partial charge on any atom is -0.353 e. The highest BCUT2D eigenvalue weighted by atomic mass is 16.2. The number of benzene rings is 1. The van der Waals surface area contributed by atoms with Gasteiger partial charge in [-0.1, -0.05) is 30.3 Å². The number of rotatable bonds is 5. The fourth-order valence-corrected chi connectivity index (χ4v) is 3.14. The van der Waals surface area contributed by atoms with Crippen LogP contribution in [0.25, 0.3) is 0 Å². The summed E-state index contributed by atoms with van der Waals surface area (Å²) in [6.45, 7) is 6.63. The van der Waals surface area contributed by atoms with Crippen molar-refractivity contribution in [1.29, 1.82) is 0 Å². The van der Waals surface area contributed by atoms with Crippen LogP contribution >= 0.6 is 0 Å². The number of nitrogens with one attached hydrogen (secondary N) is 1. The Morgan fingerprint density at radius 2 is 2.09 bits per heavy atom. The van der Waals surface area contributed by atoms with E-state index in [1.54, 1.807) is 0 Å². The number of amides is 1. The van der Waals surface area contributed by atoms with Gasteiger partial charge in [0.25, 0.3) is 0 Å². The molecule has 1 N–H and O–H groups in total. The third-order valence-corrected chi connectivity index (χ3v) is 4.38. The maximum absolute atomic E-state index is 12.4. The van der Waals surface area contributed by atoms with Crippen LogP contribution in [-0.2, 0) is 17.8 Å². The first-order chi connectivity index (χ1) is 11.1. The number of piperazine rings is 1. The molecule has 3 rings (SSSR count). The molecular formula is C18H24N4O. The van der Waals surface area contributed by atoms with E-state index in [-0.39, 0.29) is 11.9 Å². The molecule has 2 aromatic rings. The summed E-state index contributed by atoms with van der Waals surface area (Å²) >= 11 is 0. The van der Waals surface area contributed by atoms with Gasteiger partial charge >= 0.3 is 0 Å². The molecule has 1 aromatic carbocycles. The van der Waals surface area contributed by atoms with Gasteiger partial charge in [0.05, 0.1) is 18.1 Å². The molecule has 2 heterocycles. The van der Waals surface area contributed by atoms with E-state index in [0.29, 0.717) is 12.6 Å². The van der Waals surface area contributed by atoms with Crippen molar-refractivity contribution in [2.24, 2.45) is 0 Å². The van der Waals surface area contributed by atoms with Crippen molar-refractivity contribution in [3.05, 3.63) is 54.1 Å². The first-order valence-corrected chi connectivity index (χ1v) is 8.21. The van der Waals surface area contributed by atoms with Gasteiger partial charge in [-0.3, -0.25) is 9.69 Å². The molecule has 0 saturated carbocycles. The van der Waals surface area contributed by atoms with Crippen LogP contribution in [0.1, 0.15) is 31.1 Å². The molecule has 0 radical (unpaired) electrons. The fraction of sp³-hybridized carbons (Fsp3) is 0.444. The number of hydrogen-bond donors (Lipinski definition) is 1. The summed E-state index contributed by atoms with van der Waals surface area (Å²) in [5, 5.41) is 3.00. The summed E-state index contributed by atoms with van der Waals surface area (Å²) in [5.74, 6) is 0.121. The highest BCUT2D eigenvalue weighted by Gasteiger charge is 2.30. The van der Waals surface area contributed by atoms with Gasteiger partial charge in [0.1, 0.15) is 0 Å². The van der Waals surface area contributed by atoms with Crippen LogP contribution in [0.4, 0.5) is 0 Å². The fourth-order valence-electron chi connectivity index (χ4n) is 3.14. The lowest BCUT2D eigenvalue weighted by Crippen LogP contribution is -2.55. The topological polar surface area (TPSA) is 50.2 Å². The Labute approximate surface area is 137 Å². The van der Waals surface area contributed by atoms with Crippen molar-refractivity contribution in [2.45, 2.75) is 38.9 Å². The minimum absolute atomic E-state index is 0.121. The van der Waals surface area contributed by atoms with Gasteiger partial charge in [0.15, 0.2) is 0 Å². The summed E-state index contributed by atoms with van der Waals surface area (Å²) in [4.78, 5) is 18.9. The van der Waals surface area contributed by atoms with Crippen molar-refractivity contribution in [3.8, 4) is 0 Å². The summed E-state index contributed by atoms with van der Waals surface area (Å²) in [6.07, 6.45) is 4.52. The smallest absolute Gasteiger partial charge is 0.237 e. The summed E-state index contributed by atoms with van der Waals surface area (Å²) < 4.78 is 2.17. The second-order valence-electron chi connectivity index (χ2n) is 6.35. The highest BCUT2D eigenvalue weighted by molar-refractivity contribution is 5.82. The zero-order chi connectivity index (χ0) is 16.2. The second kappa shape index (κ2) is 6.96. The van der Waals surface area contributed by atoms with Gasteiger partial charge in [-0.2, -0.15) is 0 Å². The predicted molar refractivity (Wildman–Crippen MR) is 90.0 cm³/mol. The first kappa shape index (κ1) is 15.7. The molecule has 122 valence electrons. The molecule has 1 unspecified atom stereocenters. The molecule has 23 heavy (non-hydrogen) atoms. The van der Waals surface area contributed by atoms with E-state index in [2.05, 4.69) is 45.7 Å². The van der Waals surface area contributed by atoms with E-state index < -0.39 is 0 Å². The molecule has 1 aromatic heterocycles. The standard InChI is InChI=1S/C18H24N4O/c1-14(2)22-13-19-11-16(22)12-21-9-8-20-18(23)17(21)10-15-6-4-3-5-7-15/h3-7,11,13-14,17H,8-10,12H2,1-2H3,(H,20,23). The van der Waals surface area contributed by atoms with Gasteiger partial charge in [0, 0.05) is 31.9 Å². The summed E-state index contributed by atoms with van der Waals surface area (Å²) in [7, 11) is 0. The van der Waals surface area contributed by atoms with E-state index in [1.807, 2.05) is 30.7 Å². The van der Waals surface area contributed by atoms with Crippen molar-refractivity contribution >= 4 is 5.91 Å². The van der Waals surface area contributed by atoms with Crippen LogP contribution in [0, 0.1) is 0 Å². The number of carbonyl (C=O) groups is 1. The Morgan fingerprint density at radius 1 is 1.30 bits per heavy atom. The lowest BCUT2D eigenvalue weighted by atomic mass is 10.0. The molecular weight excluding hydrogens is 288 g/mol. The quantitative estimate of drug-likeness (QED) is 0.919. The van der Waals surface area contributed by atoms with E-state index in [1.165, 1.54) is 5.56 Å². The first-order valence-electron chi connectivity index (χ1n) is 8.21. The van der Waals surface area contributed by atoms with E-state index in [4.69, 9.17) is 0 Å². The van der Waals surface area contributed by atoms with Gasteiger partial charge in [-0.15, -0.1) is 0 Å². The normalized spacial score (nSPS) is 19.1. The van der Waals surface area contributed by atoms with Crippen molar-refractivity contribution < 1.29 is 4.79 Å². The van der Waals surface area contributed by atoms with Gasteiger partial charge in [-0.25, -0.2) is 4.98 Å². The van der Waals surface area contributed by atoms with Gasteiger partial charge in [-0.05, 0) is 25.8 Å². The molecule has 0 spiro atoms. The van der Waals surface area contributed by atoms with Crippen LogP contribution in [0.3, 0.4) is 0 Å². The van der Waals surface area contributed by atoms with Crippen LogP contribution in [0.2, 0.25) is 0 Å². The zero-order valence-electron chi connectivity index (χ0n) is 13.8. The minimum atomic E-state index is -0.123. The number of nitrogens with zero attached hydrogens (tertiary/aromatic N) is 3. The summed E-state index contributed by atoms with van der Waals surface area (Å²) in [5.41, 5.74) is 2.35. The molecule has 1 aliphatic rings. The largest absolute Gasteiger partial charge is 0.353 e. The maximum atomic E-state index is 12.4. The van der Waals surface area contributed by atoms with Gasteiger partial charge < -0.3 is 9.88 Å². The van der Waals surface area contributed by atoms with Gasteiger partial charge in [0.2, 0.25) is 5.91 Å². The number of hydrogen-bond acceptors (Lipinski definition) is 3. The Kier molecular flexibility index (Phi) is 4.76. The Hall–Kier alpha value is -2.14. The third-order valence-electron chi connectivity index (χ3n) is 4.38. The molecule has 1 saturated heterocycles. The average Bonchev–Trinajstić information content (AvgIpc) is 3.00. The highest BCUT2D eigenvalue weighted by Crippen LogP contribution is 2.17. The second-order valence-corrected chi connectivity index (χ2v) is 6.35. The molecule has 1 amide bonds.